The highest BCUT2D eigenvalue weighted by Gasteiger charge is 2.20. The molecule has 0 heterocycles. The number of nitrogens with one attached hydrogen (secondary N) is 1. The molecule has 138 valence electrons. The molecule has 0 fully saturated rings. The molecule has 0 radical (unpaired) electrons. The van der Waals surface area contributed by atoms with Gasteiger partial charge in [-0.25, -0.2) is 4.79 Å². The fourth-order valence-electron chi connectivity index (χ4n) is 2.52. The fraction of sp³-hybridized carbons (Fsp3) is 0.333. The van der Waals surface area contributed by atoms with Crippen LogP contribution < -0.4 is 10.1 Å². The van der Waals surface area contributed by atoms with Gasteiger partial charge in [-0.1, -0.05) is 44.2 Å². The Morgan fingerprint density at radius 1 is 1.00 bits per heavy atom. The number of rotatable bonds is 7. The second kappa shape index (κ2) is 9.04. The van der Waals surface area contributed by atoms with E-state index in [1.807, 2.05) is 24.3 Å². The average Bonchev–Trinajstić information content (AvgIpc) is 2.62. The van der Waals surface area contributed by atoms with E-state index in [9.17, 15) is 9.59 Å². The first-order valence-electron chi connectivity index (χ1n) is 8.76. The molecule has 0 aliphatic rings. The fourth-order valence-corrected chi connectivity index (χ4v) is 2.52. The van der Waals surface area contributed by atoms with Crippen molar-refractivity contribution < 1.29 is 19.1 Å². The highest BCUT2D eigenvalue weighted by Crippen LogP contribution is 2.27. The number of para-hydroxylation sites is 2. The van der Waals surface area contributed by atoms with Crippen LogP contribution in [0.5, 0.6) is 5.75 Å². The Bertz CT molecular complexity index is 770. The largest absolute Gasteiger partial charge is 0.481 e. The van der Waals surface area contributed by atoms with E-state index >= 15 is 0 Å². The van der Waals surface area contributed by atoms with Crippen LogP contribution in [0.3, 0.4) is 0 Å². The molecule has 1 N–H and O–H groups in total. The Morgan fingerprint density at radius 3 is 2.35 bits per heavy atom. The molecule has 0 spiro atoms. The van der Waals surface area contributed by atoms with E-state index < -0.39 is 12.1 Å². The van der Waals surface area contributed by atoms with Crippen LogP contribution in [-0.4, -0.2) is 24.6 Å². The normalized spacial score (nSPS) is 11.7. The molecule has 26 heavy (non-hydrogen) atoms. The van der Waals surface area contributed by atoms with Crippen LogP contribution in [0, 0.1) is 0 Å². The minimum atomic E-state index is -0.717. The van der Waals surface area contributed by atoms with Crippen molar-refractivity contribution in [3.63, 3.8) is 0 Å². The first kappa shape index (κ1) is 19.5. The third kappa shape index (κ3) is 4.85. The molecule has 1 amide bonds. The summed E-state index contributed by atoms with van der Waals surface area (Å²) in [5.41, 5.74) is 1.76. The van der Waals surface area contributed by atoms with Gasteiger partial charge in [-0.3, -0.25) is 4.79 Å². The summed E-state index contributed by atoms with van der Waals surface area (Å²) < 4.78 is 10.9. The lowest BCUT2D eigenvalue weighted by atomic mass is 10.0. The molecule has 0 saturated heterocycles. The molecule has 1 unspecified atom stereocenters. The van der Waals surface area contributed by atoms with E-state index in [0.717, 1.165) is 5.56 Å². The summed E-state index contributed by atoms with van der Waals surface area (Å²) in [6.07, 6.45) is -0.717. The maximum absolute atomic E-state index is 12.5. The first-order valence-corrected chi connectivity index (χ1v) is 8.76. The minimum Gasteiger partial charge on any atom is -0.481 e. The number of carbonyl (C=O) groups is 2. The van der Waals surface area contributed by atoms with Gasteiger partial charge in [0.2, 0.25) is 0 Å². The zero-order valence-corrected chi connectivity index (χ0v) is 15.6. The second-order valence-corrected chi connectivity index (χ2v) is 6.21. The Kier molecular flexibility index (Phi) is 6.78. The summed E-state index contributed by atoms with van der Waals surface area (Å²) in [6, 6.07) is 14.4. The number of anilines is 1. The molecule has 0 saturated carbocycles. The van der Waals surface area contributed by atoms with Crippen molar-refractivity contribution in [3.05, 3.63) is 59.7 Å². The van der Waals surface area contributed by atoms with Crippen LogP contribution in [0.15, 0.2) is 48.5 Å². The number of amides is 1. The molecule has 5 nitrogen and oxygen atoms in total. The van der Waals surface area contributed by atoms with Crippen LogP contribution in [0.4, 0.5) is 5.69 Å². The maximum atomic E-state index is 12.5. The highest BCUT2D eigenvalue weighted by atomic mass is 16.5. The van der Waals surface area contributed by atoms with Gasteiger partial charge in [-0.2, -0.15) is 0 Å². The van der Waals surface area contributed by atoms with E-state index in [1.165, 1.54) is 0 Å². The summed E-state index contributed by atoms with van der Waals surface area (Å²) in [6.45, 7) is 7.83. The van der Waals surface area contributed by atoms with Crippen LogP contribution >= 0.6 is 0 Å². The molecular weight excluding hydrogens is 330 g/mol. The maximum Gasteiger partial charge on any atom is 0.340 e. The second-order valence-electron chi connectivity index (χ2n) is 6.21. The van der Waals surface area contributed by atoms with Gasteiger partial charge in [0.15, 0.2) is 6.10 Å². The number of hydrogen-bond donors (Lipinski definition) is 1. The number of benzene rings is 2. The minimum absolute atomic E-state index is 0.270. The quantitative estimate of drug-likeness (QED) is 0.748. The molecule has 0 aliphatic heterocycles. The molecule has 1 atom stereocenters. The molecule has 2 aromatic carbocycles. The van der Waals surface area contributed by atoms with Gasteiger partial charge in [0.25, 0.3) is 5.91 Å². The predicted molar refractivity (Wildman–Crippen MR) is 102 cm³/mol. The highest BCUT2D eigenvalue weighted by molar-refractivity contribution is 6.02. The van der Waals surface area contributed by atoms with Crippen molar-refractivity contribution in [2.45, 2.75) is 39.7 Å². The summed E-state index contributed by atoms with van der Waals surface area (Å²) in [4.78, 5) is 24.6. The van der Waals surface area contributed by atoms with Crippen LogP contribution in [-0.2, 0) is 9.53 Å². The molecule has 0 aliphatic carbocycles. The van der Waals surface area contributed by atoms with Crippen molar-refractivity contribution in [3.8, 4) is 5.75 Å². The van der Waals surface area contributed by atoms with Crippen molar-refractivity contribution in [1.29, 1.82) is 0 Å². The van der Waals surface area contributed by atoms with E-state index in [1.54, 1.807) is 38.1 Å². The van der Waals surface area contributed by atoms with E-state index in [2.05, 4.69) is 19.2 Å². The van der Waals surface area contributed by atoms with Crippen LogP contribution in [0.2, 0.25) is 0 Å². The van der Waals surface area contributed by atoms with E-state index in [0.29, 0.717) is 17.0 Å². The number of esters is 1. The van der Waals surface area contributed by atoms with Gasteiger partial charge >= 0.3 is 5.97 Å². The Balaban J connectivity index is 2.12. The Morgan fingerprint density at radius 2 is 1.65 bits per heavy atom. The standard InChI is InChI=1S/C21H25NO4/c1-5-25-21(24)17-11-6-8-12-18(17)22-20(23)15(4)26-19-13-9-7-10-16(19)14(2)3/h6-15H,5H2,1-4H3,(H,22,23). The van der Waals surface area contributed by atoms with E-state index in [-0.39, 0.29) is 18.4 Å². The van der Waals surface area contributed by atoms with Crippen molar-refractivity contribution in [1.82, 2.24) is 0 Å². The molecule has 2 aromatic rings. The number of carbonyl (C=O) groups excluding carboxylic acids is 2. The van der Waals surface area contributed by atoms with Gasteiger partial charge in [0.1, 0.15) is 5.75 Å². The zero-order valence-electron chi connectivity index (χ0n) is 15.6. The van der Waals surface area contributed by atoms with Crippen molar-refractivity contribution in [2.24, 2.45) is 0 Å². The topological polar surface area (TPSA) is 64.6 Å². The lowest BCUT2D eigenvalue weighted by Gasteiger charge is -2.19. The smallest absolute Gasteiger partial charge is 0.340 e. The zero-order chi connectivity index (χ0) is 19.1. The van der Waals surface area contributed by atoms with Gasteiger partial charge in [0.05, 0.1) is 17.9 Å². The van der Waals surface area contributed by atoms with Gasteiger partial charge in [-0.05, 0) is 43.5 Å². The number of hydrogen-bond acceptors (Lipinski definition) is 4. The molecule has 5 heteroatoms. The SMILES string of the molecule is CCOC(=O)c1ccccc1NC(=O)C(C)Oc1ccccc1C(C)C. The predicted octanol–water partition coefficient (Wildman–Crippen LogP) is 4.39. The Hall–Kier alpha value is -2.82. The van der Waals surface area contributed by atoms with Crippen molar-refractivity contribution in [2.75, 3.05) is 11.9 Å². The lowest BCUT2D eigenvalue weighted by Crippen LogP contribution is -2.31. The Labute approximate surface area is 154 Å². The number of ether oxygens (including phenoxy) is 2. The van der Waals surface area contributed by atoms with E-state index in [4.69, 9.17) is 9.47 Å². The average molecular weight is 355 g/mol. The van der Waals surface area contributed by atoms with Crippen molar-refractivity contribution >= 4 is 17.6 Å². The van der Waals surface area contributed by atoms with Gasteiger partial charge in [0, 0.05) is 0 Å². The van der Waals surface area contributed by atoms with Crippen LogP contribution in [0.1, 0.15) is 49.5 Å². The molecule has 0 bridgehead atoms. The monoisotopic (exact) mass is 355 g/mol. The molecule has 0 aromatic heterocycles. The van der Waals surface area contributed by atoms with Crippen LogP contribution in [0.25, 0.3) is 0 Å². The summed E-state index contributed by atoms with van der Waals surface area (Å²) in [5.74, 6) is 0.164. The molecule has 2 rings (SSSR count). The summed E-state index contributed by atoms with van der Waals surface area (Å²) >= 11 is 0. The third-order valence-electron chi connectivity index (χ3n) is 3.89. The summed E-state index contributed by atoms with van der Waals surface area (Å²) in [7, 11) is 0. The summed E-state index contributed by atoms with van der Waals surface area (Å²) in [5, 5.41) is 2.75. The lowest BCUT2D eigenvalue weighted by molar-refractivity contribution is -0.122. The first-order chi connectivity index (χ1) is 12.4. The molecular formula is C21H25NO4. The third-order valence-corrected chi connectivity index (χ3v) is 3.89. The van der Waals surface area contributed by atoms with Gasteiger partial charge < -0.3 is 14.8 Å². The van der Waals surface area contributed by atoms with Gasteiger partial charge in [-0.15, -0.1) is 0 Å².